The zero-order valence-corrected chi connectivity index (χ0v) is 25.4. The average molecular weight is 638 g/mol. The molecule has 1 aliphatic heterocycles. The number of aryl methyl sites for hydroxylation is 2. The number of benzene rings is 3. The second-order valence-electron chi connectivity index (χ2n) is 12.0. The molecule has 43 heavy (non-hydrogen) atoms. The summed E-state index contributed by atoms with van der Waals surface area (Å²) in [5, 5.41) is 0.591. The van der Waals surface area contributed by atoms with Crippen LogP contribution >= 0.6 is 15.9 Å². The molecule has 8 heteroatoms. The topological polar surface area (TPSA) is 93.6 Å². The highest BCUT2D eigenvalue weighted by Gasteiger charge is 2.61. The zero-order chi connectivity index (χ0) is 30.0. The molecule has 2 amide bonds. The number of Topliss-reactive ketones (excluding diaryl/α,β-unsaturated/α-hetero) is 1. The molecule has 0 radical (unpaired) electrons. The summed E-state index contributed by atoms with van der Waals surface area (Å²) in [5.74, 6) is -0.774. The highest BCUT2D eigenvalue weighted by Crippen LogP contribution is 2.56. The summed E-state index contributed by atoms with van der Waals surface area (Å²) in [4.78, 5) is 58.9. The van der Waals surface area contributed by atoms with Gasteiger partial charge in [0.05, 0.1) is 34.3 Å². The number of carbonyl (C=O) groups excluding carboxylic acids is 4. The van der Waals surface area contributed by atoms with E-state index in [4.69, 9.17) is 9.72 Å². The number of carbonyl (C=O) groups is 4. The van der Waals surface area contributed by atoms with Gasteiger partial charge in [-0.1, -0.05) is 40.2 Å². The number of ketones is 1. The van der Waals surface area contributed by atoms with Crippen LogP contribution in [0.1, 0.15) is 51.1 Å². The number of hydrogen-bond acceptors (Lipinski definition) is 6. The first-order valence-corrected chi connectivity index (χ1v) is 15.3. The Morgan fingerprint density at radius 3 is 2.26 bits per heavy atom. The molecule has 4 unspecified atom stereocenters. The van der Waals surface area contributed by atoms with Gasteiger partial charge in [0.1, 0.15) is 0 Å². The molecule has 1 saturated heterocycles. The quantitative estimate of drug-likeness (QED) is 0.130. The SMILES string of the molecule is Cc1ccc(C(=O)COC(=O)c2cc(-c3ccc(N4C(=O)C5C6CCC(C6)C5C4=O)cc3)nc3ccc(Br)cc23)cc1C. The molecule has 4 aromatic rings. The molecule has 2 heterocycles. The van der Waals surface area contributed by atoms with Gasteiger partial charge in [0.15, 0.2) is 12.4 Å². The van der Waals surface area contributed by atoms with Gasteiger partial charge in [-0.15, -0.1) is 0 Å². The van der Waals surface area contributed by atoms with Crippen molar-refractivity contribution in [2.45, 2.75) is 33.1 Å². The Labute approximate surface area is 257 Å². The number of nitrogens with zero attached hydrogens (tertiary/aromatic N) is 2. The summed E-state index contributed by atoms with van der Waals surface area (Å²) in [7, 11) is 0. The minimum Gasteiger partial charge on any atom is -0.454 e. The normalized spacial score (nSPS) is 22.3. The minimum absolute atomic E-state index is 0.0790. The van der Waals surface area contributed by atoms with Crippen LogP contribution in [0.15, 0.2) is 71.2 Å². The van der Waals surface area contributed by atoms with Crippen LogP contribution in [0, 0.1) is 37.5 Å². The molecule has 2 saturated carbocycles. The number of imide groups is 1. The predicted octanol–water partition coefficient (Wildman–Crippen LogP) is 6.86. The van der Waals surface area contributed by atoms with Crippen LogP contribution in [0.3, 0.4) is 0 Å². The molecule has 3 aromatic carbocycles. The largest absolute Gasteiger partial charge is 0.454 e. The van der Waals surface area contributed by atoms with Crippen LogP contribution in [0.2, 0.25) is 0 Å². The van der Waals surface area contributed by atoms with Crippen LogP contribution < -0.4 is 4.90 Å². The van der Waals surface area contributed by atoms with Crippen LogP contribution in [-0.4, -0.2) is 35.2 Å². The lowest BCUT2D eigenvalue weighted by Gasteiger charge is -2.19. The average Bonchev–Trinajstić information content (AvgIpc) is 3.70. The van der Waals surface area contributed by atoms with Crippen LogP contribution in [0.4, 0.5) is 5.69 Å². The monoisotopic (exact) mass is 636 g/mol. The Kier molecular flexibility index (Phi) is 6.77. The number of esters is 1. The van der Waals surface area contributed by atoms with Gasteiger partial charge in [-0.25, -0.2) is 9.78 Å². The summed E-state index contributed by atoms with van der Waals surface area (Å²) < 4.78 is 6.28. The Morgan fingerprint density at radius 2 is 1.58 bits per heavy atom. The number of ether oxygens (including phenoxy) is 1. The van der Waals surface area contributed by atoms with E-state index in [1.54, 1.807) is 36.4 Å². The molecule has 1 aromatic heterocycles. The van der Waals surface area contributed by atoms with Crippen molar-refractivity contribution in [2.75, 3.05) is 11.5 Å². The van der Waals surface area contributed by atoms with Gasteiger partial charge < -0.3 is 4.74 Å². The van der Waals surface area contributed by atoms with Gasteiger partial charge in [0.2, 0.25) is 11.8 Å². The summed E-state index contributed by atoms with van der Waals surface area (Å²) in [6, 6.07) is 19.7. The van der Waals surface area contributed by atoms with E-state index in [2.05, 4.69) is 15.9 Å². The highest BCUT2D eigenvalue weighted by molar-refractivity contribution is 9.10. The first-order valence-electron chi connectivity index (χ1n) is 14.6. The highest BCUT2D eigenvalue weighted by atomic mass is 79.9. The van der Waals surface area contributed by atoms with Gasteiger partial charge in [-0.2, -0.15) is 0 Å². The molecule has 7 nitrogen and oxygen atoms in total. The van der Waals surface area contributed by atoms with Crippen molar-refractivity contribution in [3.63, 3.8) is 0 Å². The molecule has 0 N–H and O–H groups in total. The fourth-order valence-electron chi connectivity index (χ4n) is 7.17. The lowest BCUT2D eigenvalue weighted by Crippen LogP contribution is -2.32. The molecule has 216 valence electrons. The Bertz CT molecular complexity index is 1820. The molecule has 3 aliphatic rings. The third kappa shape index (κ3) is 4.68. The summed E-state index contributed by atoms with van der Waals surface area (Å²) >= 11 is 3.47. The summed E-state index contributed by atoms with van der Waals surface area (Å²) in [6.45, 7) is 3.52. The third-order valence-corrected chi connectivity index (χ3v) is 10.00. The minimum atomic E-state index is -0.630. The number of amides is 2. The number of halogens is 1. The maximum atomic E-state index is 13.4. The van der Waals surface area contributed by atoms with E-state index in [1.807, 2.05) is 44.2 Å². The lowest BCUT2D eigenvalue weighted by atomic mass is 9.81. The Balaban J connectivity index is 1.16. The second-order valence-corrected chi connectivity index (χ2v) is 12.9. The van der Waals surface area contributed by atoms with E-state index in [9.17, 15) is 19.2 Å². The first-order chi connectivity index (χ1) is 20.7. The van der Waals surface area contributed by atoms with Gasteiger partial charge in [0.25, 0.3) is 0 Å². The van der Waals surface area contributed by atoms with Crippen molar-refractivity contribution in [2.24, 2.45) is 23.7 Å². The van der Waals surface area contributed by atoms with E-state index in [-0.39, 0.29) is 41.6 Å². The fraction of sp³-hybridized carbons (Fsp3) is 0.286. The number of pyridine rings is 1. The number of fused-ring (bicyclic) bond motifs is 6. The maximum Gasteiger partial charge on any atom is 0.339 e. The standard InChI is InChI=1S/C35H29BrN2O5/c1-18-3-4-21(13-19(18)2)30(39)17-43-35(42)27-16-29(37-28-12-9-24(36)15-26(27)28)20-7-10-25(11-8-20)38-33(40)31-22-5-6-23(14-22)32(31)34(38)41/h3-4,7-13,15-16,22-23,31-32H,5-6,14,17H2,1-2H3. The summed E-state index contributed by atoms with van der Waals surface area (Å²) in [5.41, 5.74) is 5.24. The van der Waals surface area contributed by atoms with E-state index in [0.29, 0.717) is 45.2 Å². The molecule has 7 rings (SSSR count). The van der Waals surface area contributed by atoms with Crippen LogP contribution in [0.5, 0.6) is 0 Å². The van der Waals surface area contributed by atoms with Crippen LogP contribution in [0.25, 0.3) is 22.2 Å². The van der Waals surface area contributed by atoms with Crippen molar-refractivity contribution in [3.8, 4) is 11.3 Å². The molecule has 3 fully saturated rings. The number of anilines is 1. The van der Waals surface area contributed by atoms with E-state index in [0.717, 1.165) is 34.9 Å². The second kappa shape index (κ2) is 10.5. The smallest absolute Gasteiger partial charge is 0.339 e. The van der Waals surface area contributed by atoms with Crippen molar-refractivity contribution < 1.29 is 23.9 Å². The van der Waals surface area contributed by atoms with Gasteiger partial charge in [0, 0.05) is 21.0 Å². The number of aromatic nitrogens is 1. The maximum absolute atomic E-state index is 13.4. The van der Waals surface area contributed by atoms with E-state index >= 15 is 0 Å². The molecular weight excluding hydrogens is 608 g/mol. The number of hydrogen-bond donors (Lipinski definition) is 0. The molecule has 2 aliphatic carbocycles. The fourth-order valence-corrected chi connectivity index (χ4v) is 7.53. The third-order valence-electron chi connectivity index (χ3n) is 9.50. The molecule has 2 bridgehead atoms. The van der Waals surface area contributed by atoms with Gasteiger partial charge >= 0.3 is 5.97 Å². The van der Waals surface area contributed by atoms with Crippen LogP contribution in [-0.2, 0) is 14.3 Å². The van der Waals surface area contributed by atoms with Crippen molar-refractivity contribution in [3.05, 3.63) is 93.5 Å². The Morgan fingerprint density at radius 1 is 0.884 bits per heavy atom. The summed E-state index contributed by atoms with van der Waals surface area (Å²) in [6.07, 6.45) is 3.06. The van der Waals surface area contributed by atoms with E-state index < -0.39 is 5.97 Å². The van der Waals surface area contributed by atoms with Crippen molar-refractivity contribution in [1.29, 1.82) is 0 Å². The molecular formula is C35H29BrN2O5. The number of rotatable bonds is 6. The zero-order valence-electron chi connectivity index (χ0n) is 23.8. The van der Waals surface area contributed by atoms with Crippen molar-refractivity contribution >= 4 is 56.1 Å². The first kappa shape index (κ1) is 27.7. The molecule has 4 atom stereocenters. The van der Waals surface area contributed by atoms with Gasteiger partial charge in [-0.05, 0) is 98.5 Å². The van der Waals surface area contributed by atoms with E-state index in [1.165, 1.54) is 4.90 Å². The predicted molar refractivity (Wildman–Crippen MR) is 166 cm³/mol. The molecule has 0 spiro atoms. The van der Waals surface area contributed by atoms with Crippen molar-refractivity contribution in [1.82, 2.24) is 4.98 Å². The lowest BCUT2D eigenvalue weighted by molar-refractivity contribution is -0.123. The Hall–Kier alpha value is -4.17. The van der Waals surface area contributed by atoms with Gasteiger partial charge in [-0.3, -0.25) is 19.3 Å².